The molecule has 0 aromatic rings. The minimum Gasteiger partial charge on any atom is -0.266 e. The fraction of sp³-hybridized carbons (Fsp3) is 1.00. The van der Waals surface area contributed by atoms with Gasteiger partial charge in [-0.1, -0.05) is 5.04 Å². The number of hydrogen-bond acceptors (Lipinski definition) is 7. The van der Waals surface area contributed by atoms with Crippen LogP contribution < -0.4 is 0 Å². The molecule has 0 aromatic carbocycles. The van der Waals surface area contributed by atoms with E-state index in [4.69, 9.17) is 0 Å². The molecule has 1 rings (SSSR count). The molecule has 1 aliphatic rings. The minimum absolute atomic E-state index is 0.00938. The van der Waals surface area contributed by atoms with Crippen molar-refractivity contribution in [2.24, 2.45) is 0 Å². The fourth-order valence-electron chi connectivity index (χ4n) is 0.672. The van der Waals surface area contributed by atoms with Crippen molar-refractivity contribution >= 4 is 22.2 Å². The number of rotatable bonds is 6. The molecule has 0 aromatic heterocycles. The molecule has 0 saturated heterocycles. The second-order valence-corrected chi connectivity index (χ2v) is 5.05. The lowest BCUT2D eigenvalue weighted by molar-refractivity contribution is -0.447. The van der Waals surface area contributed by atoms with Crippen molar-refractivity contribution in [3.8, 4) is 0 Å². The predicted octanol–water partition coefficient (Wildman–Crippen LogP) is 0.261. The third-order valence-corrected chi connectivity index (χ3v) is 2.71. The van der Waals surface area contributed by atoms with E-state index < -0.39 is 10.1 Å². The van der Waals surface area contributed by atoms with Crippen molar-refractivity contribution in [3.05, 3.63) is 0 Å². The van der Waals surface area contributed by atoms with E-state index in [-0.39, 0.29) is 11.4 Å². The first kappa shape index (κ1) is 11.2. The normalized spacial score (nSPS) is 27.5. The molecule has 1 fully saturated rings. The third kappa shape index (κ3) is 4.79. The highest BCUT2D eigenvalue weighted by Crippen LogP contribution is 2.38. The smallest absolute Gasteiger partial charge is 0.264 e. The topological polar surface area (TPSA) is 71.1 Å². The zero-order valence-electron chi connectivity index (χ0n) is 7.13. The molecule has 1 aliphatic carbocycles. The van der Waals surface area contributed by atoms with Gasteiger partial charge in [0.15, 0.2) is 0 Å². The molecule has 0 bridgehead atoms. The van der Waals surface area contributed by atoms with Gasteiger partial charge in [-0.05, 0) is 6.42 Å². The lowest BCUT2D eigenvalue weighted by Gasteiger charge is -1.98. The minimum atomic E-state index is -3.37. The van der Waals surface area contributed by atoms with Crippen molar-refractivity contribution in [3.63, 3.8) is 0 Å². The van der Waals surface area contributed by atoms with E-state index in [2.05, 4.69) is 18.4 Å². The quantitative estimate of drug-likeness (QED) is 0.213. The summed E-state index contributed by atoms with van der Waals surface area (Å²) in [6.07, 6.45) is 1.34. The molecule has 1 saturated carbocycles. The molecule has 0 heterocycles. The molecule has 13 heavy (non-hydrogen) atoms. The summed E-state index contributed by atoms with van der Waals surface area (Å²) in [5, 5.41) is 4.11. The van der Waals surface area contributed by atoms with Gasteiger partial charge in [-0.3, -0.25) is 4.18 Å². The van der Waals surface area contributed by atoms with E-state index in [1.54, 1.807) is 0 Å². The molecule has 78 valence electrons. The van der Waals surface area contributed by atoms with E-state index >= 15 is 0 Å². The lowest BCUT2D eigenvalue weighted by Crippen LogP contribution is -2.06. The first-order valence-corrected chi connectivity index (χ1v) is 6.06. The molecule has 0 unspecified atom stereocenters. The van der Waals surface area contributed by atoms with Crippen LogP contribution in [0.5, 0.6) is 0 Å². The predicted molar refractivity (Wildman–Crippen MR) is 44.9 cm³/mol. The Balaban J connectivity index is 2.09. The van der Waals surface area contributed by atoms with Gasteiger partial charge in [0.1, 0.15) is 0 Å². The summed E-state index contributed by atoms with van der Waals surface area (Å²) in [5.41, 5.74) is 0. The highest BCUT2D eigenvalue weighted by Gasteiger charge is 2.43. The second kappa shape index (κ2) is 4.58. The van der Waals surface area contributed by atoms with Gasteiger partial charge in [-0.2, -0.15) is 8.42 Å². The maximum absolute atomic E-state index is 10.6. The molecule has 0 amide bonds. The average molecular weight is 230 g/mol. The van der Waals surface area contributed by atoms with Crippen molar-refractivity contribution < 1.29 is 26.9 Å². The van der Waals surface area contributed by atoms with Crippen LogP contribution in [0.4, 0.5) is 0 Å². The van der Waals surface area contributed by atoms with Crippen LogP contribution in [0.25, 0.3) is 0 Å². The Labute approximate surface area is 80.7 Å². The van der Waals surface area contributed by atoms with E-state index in [1.165, 1.54) is 7.11 Å². The Bertz CT molecular complexity index is 250. The Morgan fingerprint density at radius 1 is 1.46 bits per heavy atom. The largest absolute Gasteiger partial charge is 0.266 e. The monoisotopic (exact) mass is 230 g/mol. The van der Waals surface area contributed by atoms with Crippen LogP contribution in [-0.4, -0.2) is 33.1 Å². The maximum Gasteiger partial charge on any atom is 0.264 e. The molecule has 0 aliphatic heterocycles. The van der Waals surface area contributed by atoms with E-state index in [0.29, 0.717) is 6.42 Å². The second-order valence-electron chi connectivity index (χ2n) is 2.51. The van der Waals surface area contributed by atoms with E-state index in [1.807, 2.05) is 0 Å². The van der Waals surface area contributed by atoms with Gasteiger partial charge in [0, 0.05) is 12.0 Å². The summed E-state index contributed by atoms with van der Waals surface area (Å²) in [6.45, 7) is 0. The average Bonchev–Trinajstić information content (AvgIpc) is 2.65. The Morgan fingerprint density at radius 2 is 2.15 bits per heavy atom. The van der Waals surface area contributed by atoms with Crippen LogP contribution in [0.2, 0.25) is 0 Å². The summed E-state index contributed by atoms with van der Waals surface area (Å²) in [4.78, 5) is 4.15. The lowest BCUT2D eigenvalue weighted by atomic mass is 10.9. The molecular weight excluding hydrogens is 220 g/mol. The molecular formula is C5H10O6S2. The summed E-state index contributed by atoms with van der Waals surface area (Å²) < 4.78 is 30.4. The maximum atomic E-state index is 10.6. The van der Waals surface area contributed by atoms with Crippen molar-refractivity contribution in [1.29, 1.82) is 0 Å². The van der Waals surface area contributed by atoms with Crippen molar-refractivity contribution in [2.75, 3.05) is 13.4 Å². The van der Waals surface area contributed by atoms with Crippen molar-refractivity contribution in [2.45, 2.75) is 17.8 Å². The van der Waals surface area contributed by atoms with Gasteiger partial charge in [-0.25, -0.2) is 4.89 Å². The van der Waals surface area contributed by atoms with Crippen LogP contribution in [0.3, 0.4) is 0 Å². The first-order chi connectivity index (χ1) is 6.03. The molecule has 6 nitrogen and oxygen atoms in total. The van der Waals surface area contributed by atoms with Gasteiger partial charge < -0.3 is 0 Å². The van der Waals surface area contributed by atoms with E-state index in [0.717, 1.165) is 18.3 Å². The van der Waals surface area contributed by atoms with Gasteiger partial charge in [-0.15, -0.1) is 4.33 Å². The summed E-state index contributed by atoms with van der Waals surface area (Å²) in [7, 11) is -2.06. The number of hydrogen-bond donors (Lipinski definition) is 0. The van der Waals surface area contributed by atoms with Crippen LogP contribution in [-0.2, 0) is 28.6 Å². The molecule has 2 atom stereocenters. The summed E-state index contributed by atoms with van der Waals surface area (Å²) in [5.74, 6) is 0. The van der Waals surface area contributed by atoms with Crippen LogP contribution in [0, 0.1) is 0 Å². The Kier molecular flexibility index (Phi) is 3.95. The fourth-order valence-corrected chi connectivity index (χ4v) is 2.04. The third-order valence-electron chi connectivity index (χ3n) is 1.23. The molecule has 0 radical (unpaired) electrons. The Hall–Kier alpha value is 0.140. The van der Waals surface area contributed by atoms with Gasteiger partial charge in [0.25, 0.3) is 10.1 Å². The van der Waals surface area contributed by atoms with Crippen LogP contribution >= 0.6 is 12.0 Å². The van der Waals surface area contributed by atoms with Gasteiger partial charge in [0.2, 0.25) is 0 Å². The van der Waals surface area contributed by atoms with Gasteiger partial charge in [0.05, 0.1) is 24.7 Å². The molecule has 0 N–H and O–H groups in total. The van der Waals surface area contributed by atoms with E-state index in [9.17, 15) is 8.42 Å². The standard InChI is InChI=1S/C5H10O6S2/c1-8-10-11-12-5-3-4(5)9-13(2,6)7/h4-5H,3H2,1-2H3/t4-,5+/m0/s1. The van der Waals surface area contributed by atoms with Crippen molar-refractivity contribution in [1.82, 2.24) is 0 Å². The Morgan fingerprint density at radius 3 is 2.69 bits per heavy atom. The SMILES string of the molecule is COOOS[C@@H]1C[C@@H]1OS(C)(=O)=O. The zero-order chi connectivity index (χ0) is 9.90. The molecule has 8 heteroatoms. The highest BCUT2D eigenvalue weighted by molar-refractivity contribution is 7.95. The first-order valence-electron chi connectivity index (χ1n) is 3.44. The highest BCUT2D eigenvalue weighted by atomic mass is 32.2. The summed E-state index contributed by atoms with van der Waals surface area (Å²) in [6, 6.07) is 0. The van der Waals surface area contributed by atoms with Crippen LogP contribution in [0.1, 0.15) is 6.42 Å². The molecule has 0 spiro atoms. The summed E-state index contributed by atoms with van der Waals surface area (Å²) >= 11 is 0.979. The van der Waals surface area contributed by atoms with Crippen LogP contribution in [0.15, 0.2) is 0 Å². The van der Waals surface area contributed by atoms with Gasteiger partial charge >= 0.3 is 0 Å². The zero-order valence-corrected chi connectivity index (χ0v) is 8.76.